The van der Waals surface area contributed by atoms with Gasteiger partial charge < -0.3 is 20.4 Å². The molecule has 0 saturated carbocycles. The van der Waals surface area contributed by atoms with Crippen molar-refractivity contribution in [3.8, 4) is 0 Å². The summed E-state index contributed by atoms with van der Waals surface area (Å²) in [6, 6.07) is 0. The highest BCUT2D eigenvalue weighted by Crippen LogP contribution is 1.79. The molecule has 0 amide bonds. The topological polar surface area (TPSA) is 55.7 Å². The van der Waals surface area contributed by atoms with E-state index in [2.05, 4.69) is 17.1 Å². The van der Waals surface area contributed by atoms with Gasteiger partial charge in [0, 0.05) is 19.6 Å². The molecule has 1 unspecified atom stereocenters. The molecule has 0 aliphatic carbocycles. The Labute approximate surface area is 74.2 Å². The largest absolute Gasteiger partial charge is 0.394 e. The zero-order valence-corrected chi connectivity index (χ0v) is 7.95. The lowest BCUT2D eigenvalue weighted by molar-refractivity contribution is 0.0941. The van der Waals surface area contributed by atoms with Crippen molar-refractivity contribution >= 4 is 0 Å². The number of aliphatic hydroxyl groups is 2. The van der Waals surface area contributed by atoms with Crippen molar-refractivity contribution in [1.82, 2.24) is 10.2 Å². The Balaban J connectivity index is 3.10. The highest BCUT2D eigenvalue weighted by Gasteiger charge is 2.00. The number of hydrogen-bond donors (Lipinski definition) is 3. The summed E-state index contributed by atoms with van der Waals surface area (Å²) in [5.74, 6) is 0. The number of aliphatic hydroxyl groups excluding tert-OH is 2. The van der Waals surface area contributed by atoms with Crippen LogP contribution in [-0.4, -0.2) is 61.1 Å². The van der Waals surface area contributed by atoms with Crippen LogP contribution in [0.3, 0.4) is 0 Å². The lowest BCUT2D eigenvalue weighted by Crippen LogP contribution is -2.34. The summed E-state index contributed by atoms with van der Waals surface area (Å²) in [7, 11) is 2.05. The quantitative estimate of drug-likeness (QED) is 0.430. The molecule has 12 heavy (non-hydrogen) atoms. The van der Waals surface area contributed by atoms with E-state index in [-0.39, 0.29) is 6.61 Å². The van der Waals surface area contributed by atoms with E-state index in [1.807, 2.05) is 7.05 Å². The highest BCUT2D eigenvalue weighted by molar-refractivity contribution is 4.58. The van der Waals surface area contributed by atoms with Gasteiger partial charge in [-0.05, 0) is 13.6 Å². The zero-order valence-electron chi connectivity index (χ0n) is 7.95. The Morgan fingerprint density at radius 1 is 1.50 bits per heavy atom. The smallest absolute Gasteiger partial charge is 0.0894 e. The summed E-state index contributed by atoms with van der Waals surface area (Å²) in [5, 5.41) is 20.5. The van der Waals surface area contributed by atoms with E-state index in [0.717, 1.165) is 19.6 Å². The zero-order chi connectivity index (χ0) is 9.40. The van der Waals surface area contributed by atoms with Crippen LogP contribution in [0.2, 0.25) is 0 Å². The van der Waals surface area contributed by atoms with Gasteiger partial charge in [-0.25, -0.2) is 0 Å². The first-order valence-electron chi connectivity index (χ1n) is 4.38. The lowest BCUT2D eigenvalue weighted by atomic mass is 10.4. The molecule has 4 heteroatoms. The monoisotopic (exact) mass is 176 g/mol. The van der Waals surface area contributed by atoms with Crippen molar-refractivity contribution in [1.29, 1.82) is 0 Å². The van der Waals surface area contributed by atoms with Crippen LogP contribution in [-0.2, 0) is 0 Å². The first-order valence-corrected chi connectivity index (χ1v) is 4.38. The van der Waals surface area contributed by atoms with E-state index in [0.29, 0.717) is 6.54 Å². The summed E-state index contributed by atoms with van der Waals surface area (Å²) in [6.07, 6.45) is -0.628. The third-order valence-corrected chi connectivity index (χ3v) is 1.80. The molecule has 0 spiro atoms. The van der Waals surface area contributed by atoms with E-state index in [1.165, 1.54) is 0 Å². The van der Waals surface area contributed by atoms with Crippen LogP contribution in [0.15, 0.2) is 0 Å². The van der Waals surface area contributed by atoms with Crippen molar-refractivity contribution in [3.05, 3.63) is 0 Å². The molecule has 0 bridgehead atoms. The predicted octanol–water partition coefficient (Wildman–Crippen LogP) is -1.12. The van der Waals surface area contributed by atoms with E-state index in [9.17, 15) is 0 Å². The number of hydrogen-bond acceptors (Lipinski definition) is 4. The molecule has 0 radical (unpaired) electrons. The van der Waals surface area contributed by atoms with Gasteiger partial charge in [0.15, 0.2) is 0 Å². The second kappa shape index (κ2) is 7.49. The third-order valence-electron chi connectivity index (χ3n) is 1.80. The minimum absolute atomic E-state index is 0.170. The number of rotatable bonds is 7. The fourth-order valence-corrected chi connectivity index (χ4v) is 0.761. The second-order valence-electron chi connectivity index (χ2n) is 2.94. The van der Waals surface area contributed by atoms with Gasteiger partial charge in [-0.15, -0.1) is 0 Å². The van der Waals surface area contributed by atoms with E-state index in [1.54, 1.807) is 0 Å². The van der Waals surface area contributed by atoms with Gasteiger partial charge in [0.2, 0.25) is 0 Å². The van der Waals surface area contributed by atoms with Gasteiger partial charge in [0.25, 0.3) is 0 Å². The molecule has 0 aromatic carbocycles. The molecule has 74 valence electrons. The molecular formula is C8H20N2O2. The van der Waals surface area contributed by atoms with Crippen LogP contribution in [0.1, 0.15) is 6.92 Å². The van der Waals surface area contributed by atoms with Gasteiger partial charge in [-0.3, -0.25) is 0 Å². The maximum absolute atomic E-state index is 8.95. The Hall–Kier alpha value is -0.160. The summed E-state index contributed by atoms with van der Waals surface area (Å²) in [6.45, 7) is 5.24. The van der Waals surface area contributed by atoms with Crippen LogP contribution < -0.4 is 5.32 Å². The maximum atomic E-state index is 8.95. The van der Waals surface area contributed by atoms with Gasteiger partial charge >= 0.3 is 0 Å². The molecule has 1 atom stereocenters. The standard InChI is InChI=1S/C8H20N2O2/c1-3-10(2)5-4-9-6-8(12)7-11/h8-9,11-12H,3-7H2,1-2H3. The van der Waals surface area contributed by atoms with Crippen LogP contribution in [0.4, 0.5) is 0 Å². The fourth-order valence-electron chi connectivity index (χ4n) is 0.761. The predicted molar refractivity (Wildman–Crippen MR) is 49.1 cm³/mol. The Kier molecular flexibility index (Phi) is 7.39. The van der Waals surface area contributed by atoms with Crippen molar-refractivity contribution < 1.29 is 10.2 Å². The van der Waals surface area contributed by atoms with Crippen molar-refractivity contribution in [2.45, 2.75) is 13.0 Å². The minimum Gasteiger partial charge on any atom is -0.394 e. The van der Waals surface area contributed by atoms with Crippen molar-refractivity contribution in [3.63, 3.8) is 0 Å². The molecule has 0 aromatic heterocycles. The van der Waals surface area contributed by atoms with Crippen molar-refractivity contribution in [2.75, 3.05) is 39.8 Å². The summed E-state index contributed by atoms with van der Waals surface area (Å²) in [5.41, 5.74) is 0. The molecule has 0 fully saturated rings. The summed E-state index contributed by atoms with van der Waals surface area (Å²) in [4.78, 5) is 2.18. The molecule has 0 aliphatic rings. The number of nitrogens with zero attached hydrogens (tertiary/aromatic N) is 1. The van der Waals surface area contributed by atoms with Crippen LogP contribution in [0.5, 0.6) is 0 Å². The molecule has 0 heterocycles. The lowest BCUT2D eigenvalue weighted by Gasteiger charge is -2.14. The van der Waals surface area contributed by atoms with E-state index < -0.39 is 6.10 Å². The summed E-state index contributed by atoms with van der Waals surface area (Å²) < 4.78 is 0. The average Bonchev–Trinajstić information content (AvgIpc) is 2.11. The Morgan fingerprint density at radius 3 is 2.67 bits per heavy atom. The SMILES string of the molecule is CCN(C)CCNCC(O)CO. The highest BCUT2D eigenvalue weighted by atomic mass is 16.3. The fraction of sp³-hybridized carbons (Fsp3) is 1.00. The third kappa shape index (κ3) is 6.54. The first kappa shape index (κ1) is 11.8. The minimum atomic E-state index is -0.628. The molecule has 0 saturated heterocycles. The van der Waals surface area contributed by atoms with E-state index in [4.69, 9.17) is 10.2 Å². The molecule has 0 aromatic rings. The van der Waals surface area contributed by atoms with Crippen LogP contribution >= 0.6 is 0 Å². The van der Waals surface area contributed by atoms with Crippen LogP contribution in [0.25, 0.3) is 0 Å². The first-order chi connectivity index (χ1) is 5.70. The summed E-state index contributed by atoms with van der Waals surface area (Å²) >= 11 is 0. The second-order valence-corrected chi connectivity index (χ2v) is 2.94. The van der Waals surface area contributed by atoms with Crippen molar-refractivity contribution in [2.24, 2.45) is 0 Å². The number of nitrogens with one attached hydrogen (secondary N) is 1. The van der Waals surface area contributed by atoms with E-state index >= 15 is 0 Å². The van der Waals surface area contributed by atoms with Gasteiger partial charge in [0.05, 0.1) is 12.7 Å². The average molecular weight is 176 g/mol. The van der Waals surface area contributed by atoms with Gasteiger partial charge in [-0.2, -0.15) is 0 Å². The molecule has 0 rings (SSSR count). The Bertz CT molecular complexity index is 89.1. The molecule has 3 N–H and O–H groups in total. The molecule has 4 nitrogen and oxygen atoms in total. The van der Waals surface area contributed by atoms with Crippen LogP contribution in [0, 0.1) is 0 Å². The Morgan fingerprint density at radius 2 is 2.17 bits per heavy atom. The number of likely N-dealkylation sites (N-methyl/N-ethyl adjacent to an activating group) is 1. The molecule has 0 aliphatic heterocycles. The van der Waals surface area contributed by atoms with Gasteiger partial charge in [-0.1, -0.05) is 6.92 Å². The normalized spacial score (nSPS) is 13.8. The van der Waals surface area contributed by atoms with Gasteiger partial charge in [0.1, 0.15) is 0 Å². The maximum Gasteiger partial charge on any atom is 0.0894 e. The molecular weight excluding hydrogens is 156 g/mol.